The summed E-state index contributed by atoms with van der Waals surface area (Å²) in [6.45, 7) is 7.07. The predicted octanol–water partition coefficient (Wildman–Crippen LogP) is 4.34. The van der Waals surface area contributed by atoms with E-state index in [4.69, 9.17) is 0 Å². The summed E-state index contributed by atoms with van der Waals surface area (Å²) in [4.78, 5) is 0. The molecule has 2 aromatic carbocycles. The molecule has 0 aliphatic rings. The number of rotatable bonds is 5. The first-order chi connectivity index (χ1) is 9.60. The molecule has 0 aliphatic heterocycles. The van der Waals surface area contributed by atoms with E-state index in [0.717, 1.165) is 18.5 Å². The van der Waals surface area contributed by atoms with E-state index in [2.05, 4.69) is 43.4 Å². The summed E-state index contributed by atoms with van der Waals surface area (Å²) < 4.78 is 13.3. The van der Waals surface area contributed by atoms with Gasteiger partial charge in [0.05, 0.1) is 0 Å². The van der Waals surface area contributed by atoms with Crippen LogP contribution in [0, 0.1) is 19.7 Å². The Bertz CT molecular complexity index is 577. The molecule has 0 fully saturated rings. The van der Waals surface area contributed by atoms with Crippen LogP contribution in [-0.2, 0) is 6.42 Å². The average Bonchev–Trinajstić information content (AvgIpc) is 2.38. The van der Waals surface area contributed by atoms with E-state index in [1.165, 1.54) is 16.7 Å². The topological polar surface area (TPSA) is 12.0 Å². The molecule has 0 saturated heterocycles. The molecule has 0 amide bonds. The number of likely N-dealkylation sites (N-methyl/N-ethyl adjacent to an activating group) is 1. The minimum absolute atomic E-state index is 0.169. The highest BCUT2D eigenvalue weighted by atomic mass is 19.1. The van der Waals surface area contributed by atoms with Gasteiger partial charge in [0.1, 0.15) is 5.82 Å². The fourth-order valence-corrected chi connectivity index (χ4v) is 2.64. The van der Waals surface area contributed by atoms with Gasteiger partial charge in [-0.15, -0.1) is 0 Å². The Labute approximate surface area is 120 Å². The van der Waals surface area contributed by atoms with Crippen molar-refractivity contribution in [2.75, 3.05) is 6.54 Å². The SMILES string of the molecule is CCNC(Cc1cccc(C)c1)c1ccc(F)cc1C. The second kappa shape index (κ2) is 6.67. The van der Waals surface area contributed by atoms with E-state index in [-0.39, 0.29) is 11.9 Å². The van der Waals surface area contributed by atoms with E-state index < -0.39 is 0 Å². The van der Waals surface area contributed by atoms with Gasteiger partial charge in [0.25, 0.3) is 0 Å². The van der Waals surface area contributed by atoms with Crippen molar-refractivity contribution in [2.24, 2.45) is 0 Å². The molecule has 1 nitrogen and oxygen atoms in total. The summed E-state index contributed by atoms with van der Waals surface area (Å²) in [5.74, 6) is -0.169. The van der Waals surface area contributed by atoms with Gasteiger partial charge in [-0.1, -0.05) is 42.8 Å². The van der Waals surface area contributed by atoms with Crippen molar-refractivity contribution in [3.63, 3.8) is 0 Å². The summed E-state index contributed by atoms with van der Waals surface area (Å²) >= 11 is 0. The lowest BCUT2D eigenvalue weighted by Crippen LogP contribution is -2.23. The van der Waals surface area contributed by atoms with Gasteiger partial charge in [0.15, 0.2) is 0 Å². The van der Waals surface area contributed by atoms with Gasteiger partial charge in [-0.05, 0) is 55.6 Å². The van der Waals surface area contributed by atoms with Gasteiger partial charge in [-0.2, -0.15) is 0 Å². The van der Waals surface area contributed by atoms with Crippen LogP contribution in [0.2, 0.25) is 0 Å². The lowest BCUT2D eigenvalue weighted by Gasteiger charge is -2.21. The molecular formula is C18H22FN. The first kappa shape index (κ1) is 14.7. The van der Waals surface area contributed by atoms with Crippen LogP contribution in [0.5, 0.6) is 0 Å². The molecular weight excluding hydrogens is 249 g/mol. The van der Waals surface area contributed by atoms with E-state index in [1.54, 1.807) is 12.1 Å². The highest BCUT2D eigenvalue weighted by Gasteiger charge is 2.14. The fraction of sp³-hybridized carbons (Fsp3) is 0.333. The summed E-state index contributed by atoms with van der Waals surface area (Å²) in [5, 5.41) is 3.50. The molecule has 1 unspecified atom stereocenters. The molecule has 2 aromatic rings. The fourth-order valence-electron chi connectivity index (χ4n) is 2.64. The van der Waals surface area contributed by atoms with Crippen LogP contribution in [0.25, 0.3) is 0 Å². The van der Waals surface area contributed by atoms with Gasteiger partial charge in [-0.25, -0.2) is 4.39 Å². The normalized spacial score (nSPS) is 12.4. The molecule has 0 aromatic heterocycles. The van der Waals surface area contributed by atoms with Gasteiger partial charge in [0.2, 0.25) is 0 Å². The monoisotopic (exact) mass is 271 g/mol. The molecule has 106 valence electrons. The number of nitrogens with one attached hydrogen (secondary N) is 1. The zero-order valence-electron chi connectivity index (χ0n) is 12.4. The number of halogens is 1. The molecule has 0 aliphatic carbocycles. The third-order valence-corrected chi connectivity index (χ3v) is 3.58. The molecule has 0 bridgehead atoms. The van der Waals surface area contributed by atoms with Crippen molar-refractivity contribution in [1.82, 2.24) is 5.32 Å². The predicted molar refractivity (Wildman–Crippen MR) is 82.4 cm³/mol. The zero-order chi connectivity index (χ0) is 14.5. The maximum absolute atomic E-state index is 13.3. The lowest BCUT2D eigenvalue weighted by molar-refractivity contribution is 0.544. The van der Waals surface area contributed by atoms with Crippen LogP contribution < -0.4 is 5.32 Å². The van der Waals surface area contributed by atoms with Crippen LogP contribution in [0.3, 0.4) is 0 Å². The highest BCUT2D eigenvalue weighted by Crippen LogP contribution is 2.23. The van der Waals surface area contributed by atoms with Crippen LogP contribution in [-0.4, -0.2) is 6.54 Å². The number of aryl methyl sites for hydroxylation is 2. The quantitative estimate of drug-likeness (QED) is 0.853. The van der Waals surface area contributed by atoms with Crippen LogP contribution >= 0.6 is 0 Å². The van der Waals surface area contributed by atoms with Crippen LogP contribution in [0.1, 0.15) is 35.2 Å². The molecule has 20 heavy (non-hydrogen) atoms. The van der Waals surface area contributed by atoms with Gasteiger partial charge >= 0.3 is 0 Å². The number of hydrogen-bond acceptors (Lipinski definition) is 1. The standard InChI is InChI=1S/C18H22FN/c1-4-20-18(12-15-7-5-6-13(2)10-15)17-9-8-16(19)11-14(17)3/h5-11,18,20H,4,12H2,1-3H3. The van der Waals surface area contributed by atoms with Gasteiger partial charge in [0, 0.05) is 6.04 Å². The maximum Gasteiger partial charge on any atom is 0.123 e. The van der Waals surface area contributed by atoms with Crippen molar-refractivity contribution in [3.8, 4) is 0 Å². The minimum Gasteiger partial charge on any atom is -0.310 e. The molecule has 2 rings (SSSR count). The minimum atomic E-state index is -0.169. The van der Waals surface area contributed by atoms with E-state index >= 15 is 0 Å². The molecule has 0 radical (unpaired) electrons. The molecule has 2 heteroatoms. The lowest BCUT2D eigenvalue weighted by atomic mass is 9.94. The number of benzene rings is 2. The molecule has 1 N–H and O–H groups in total. The first-order valence-electron chi connectivity index (χ1n) is 7.15. The van der Waals surface area contributed by atoms with E-state index in [0.29, 0.717) is 0 Å². The number of hydrogen-bond donors (Lipinski definition) is 1. The summed E-state index contributed by atoms with van der Waals surface area (Å²) in [7, 11) is 0. The van der Waals surface area contributed by atoms with Gasteiger partial charge in [-0.3, -0.25) is 0 Å². The summed E-state index contributed by atoms with van der Waals surface area (Å²) in [6.07, 6.45) is 0.919. The molecule has 0 heterocycles. The Hall–Kier alpha value is -1.67. The smallest absolute Gasteiger partial charge is 0.123 e. The second-order valence-electron chi connectivity index (χ2n) is 5.30. The van der Waals surface area contributed by atoms with Crippen molar-refractivity contribution in [2.45, 2.75) is 33.2 Å². The second-order valence-corrected chi connectivity index (χ2v) is 5.30. The summed E-state index contributed by atoms with van der Waals surface area (Å²) in [5.41, 5.74) is 4.76. The van der Waals surface area contributed by atoms with Gasteiger partial charge < -0.3 is 5.32 Å². The zero-order valence-corrected chi connectivity index (χ0v) is 12.4. The molecule has 0 spiro atoms. The van der Waals surface area contributed by atoms with Crippen LogP contribution in [0.15, 0.2) is 42.5 Å². The summed E-state index contributed by atoms with van der Waals surface area (Å²) in [6, 6.07) is 13.8. The maximum atomic E-state index is 13.3. The van der Waals surface area contributed by atoms with Crippen molar-refractivity contribution in [3.05, 3.63) is 70.5 Å². The van der Waals surface area contributed by atoms with Crippen molar-refractivity contribution >= 4 is 0 Å². The Morgan fingerprint density at radius 2 is 1.90 bits per heavy atom. The first-order valence-corrected chi connectivity index (χ1v) is 7.15. The third-order valence-electron chi connectivity index (χ3n) is 3.58. The average molecular weight is 271 g/mol. The Balaban J connectivity index is 2.26. The highest BCUT2D eigenvalue weighted by molar-refractivity contribution is 5.32. The van der Waals surface area contributed by atoms with E-state index in [9.17, 15) is 4.39 Å². The Kier molecular flexibility index (Phi) is 4.91. The third kappa shape index (κ3) is 3.67. The van der Waals surface area contributed by atoms with Crippen molar-refractivity contribution in [1.29, 1.82) is 0 Å². The van der Waals surface area contributed by atoms with Crippen molar-refractivity contribution < 1.29 is 4.39 Å². The van der Waals surface area contributed by atoms with Crippen LogP contribution in [0.4, 0.5) is 4.39 Å². The molecule has 1 atom stereocenters. The largest absolute Gasteiger partial charge is 0.310 e. The molecule has 0 saturated carbocycles. The van der Waals surface area contributed by atoms with E-state index in [1.807, 2.05) is 13.0 Å². The Morgan fingerprint density at radius 1 is 1.10 bits per heavy atom. The Morgan fingerprint density at radius 3 is 2.55 bits per heavy atom.